The van der Waals surface area contributed by atoms with Crippen molar-refractivity contribution in [3.8, 4) is 11.5 Å². The van der Waals surface area contributed by atoms with Crippen molar-refractivity contribution in [3.63, 3.8) is 0 Å². The fourth-order valence-corrected chi connectivity index (χ4v) is 39.2. The van der Waals surface area contributed by atoms with Gasteiger partial charge in [0.2, 0.25) is 0 Å². The van der Waals surface area contributed by atoms with Crippen LogP contribution in [0.4, 0.5) is 0 Å². The van der Waals surface area contributed by atoms with Crippen LogP contribution in [0.2, 0.25) is 0 Å². The average molecular weight is 421 g/mol. The summed E-state index contributed by atoms with van der Waals surface area (Å²) in [7, 11) is 2.24. The predicted octanol–water partition coefficient (Wildman–Crippen LogP) is 7.03. The Morgan fingerprint density at radius 3 is 1.61 bits per heavy atom. The largest absolute Gasteiger partial charge is 0.497 e. The van der Waals surface area contributed by atoms with E-state index in [2.05, 4.69) is 24.3 Å². The molecule has 1 saturated heterocycles. The van der Waals surface area contributed by atoms with Crippen LogP contribution in [0.3, 0.4) is 0 Å². The summed E-state index contributed by atoms with van der Waals surface area (Å²) in [6, 6.07) is 17.0. The summed E-state index contributed by atoms with van der Waals surface area (Å²) in [6.07, 6.45) is -0.324. The number of ether oxygens (including phenoxy) is 2. The van der Waals surface area contributed by atoms with E-state index in [-0.39, 0.29) is 6.33 Å². The molecule has 0 bridgehead atoms. The Morgan fingerprint density at radius 1 is 0.870 bits per heavy atom. The van der Waals surface area contributed by atoms with Crippen molar-refractivity contribution < 1.29 is 9.47 Å². The van der Waals surface area contributed by atoms with Gasteiger partial charge in [-0.1, -0.05) is 11.0 Å². The molecule has 1 fully saturated rings. The topological polar surface area (TPSA) is 18.5 Å². The summed E-state index contributed by atoms with van der Waals surface area (Å²) in [6.45, 7) is 0. The molecular weight excluding hydrogens is 402 g/mol. The molecule has 8 heteroatoms. The molecule has 2 unspecified atom stereocenters. The van der Waals surface area contributed by atoms with E-state index in [1.165, 1.54) is 9.79 Å². The minimum atomic E-state index is -1.16. The van der Waals surface area contributed by atoms with Crippen LogP contribution in [0.15, 0.2) is 58.3 Å². The Balaban J connectivity index is 2.09. The molecule has 0 amide bonds. The van der Waals surface area contributed by atoms with Crippen molar-refractivity contribution >= 4 is 57.0 Å². The molecule has 0 aromatic heterocycles. The van der Waals surface area contributed by atoms with Gasteiger partial charge in [-0.3, -0.25) is 0 Å². The third-order valence-corrected chi connectivity index (χ3v) is 29.3. The first kappa shape index (κ1) is 18.1. The van der Waals surface area contributed by atoms with Crippen LogP contribution < -0.4 is 9.47 Å². The monoisotopic (exact) mass is 420 g/mol. The van der Waals surface area contributed by atoms with Crippen molar-refractivity contribution in [3.05, 3.63) is 48.5 Å². The van der Waals surface area contributed by atoms with Crippen molar-refractivity contribution in [2.75, 3.05) is 19.7 Å². The lowest BCUT2D eigenvalue weighted by Gasteiger charge is -2.39. The maximum Gasteiger partial charge on any atom is 0.118 e. The molecule has 124 valence electrons. The summed E-state index contributed by atoms with van der Waals surface area (Å²) < 4.78 is 10.6. The van der Waals surface area contributed by atoms with Crippen LogP contribution in [0.5, 0.6) is 11.5 Å². The molecular formula is C15H18O2P2S4. The van der Waals surface area contributed by atoms with Gasteiger partial charge in [-0.25, -0.2) is 0 Å². The van der Waals surface area contributed by atoms with E-state index >= 15 is 0 Å². The van der Waals surface area contributed by atoms with Crippen LogP contribution in [0.1, 0.15) is 0 Å². The second-order valence-corrected chi connectivity index (χ2v) is 22.7. The van der Waals surface area contributed by atoms with Crippen LogP contribution in [0.25, 0.3) is 0 Å². The second kappa shape index (κ2) is 7.68. The molecule has 2 aromatic carbocycles. The standard InChI is InChI=1S/C15H18O2P2S4/c1-16-12-3-7-14(8-4-12)23(11-18(20)22-19(23)21)15-9-5-13(17-2)6-10-15/h3-10,20-21H,11H2,1-2H3. The Bertz CT molecular complexity index is 619. The third kappa shape index (κ3) is 3.49. The zero-order chi connectivity index (χ0) is 16.4. The first-order valence-electron chi connectivity index (χ1n) is 6.83. The Labute approximate surface area is 155 Å². The predicted molar refractivity (Wildman–Crippen MR) is 114 cm³/mol. The van der Waals surface area contributed by atoms with E-state index in [0.29, 0.717) is 0 Å². The molecule has 3 rings (SSSR count). The number of hydrogen-bond donors (Lipinski definition) is 2. The van der Waals surface area contributed by atoms with Crippen LogP contribution >= 0.6 is 57.0 Å². The minimum absolute atomic E-state index is 0.324. The Morgan fingerprint density at radius 2 is 1.30 bits per heavy atom. The van der Waals surface area contributed by atoms with Crippen LogP contribution in [0, 0.1) is 0 Å². The number of methoxy groups -OCH3 is 2. The first-order valence-corrected chi connectivity index (χ1v) is 16.4. The molecule has 2 nitrogen and oxygen atoms in total. The molecule has 2 aromatic rings. The quantitative estimate of drug-likeness (QED) is 0.409. The summed E-state index contributed by atoms with van der Waals surface area (Å²) in [5.41, 5.74) is 0.648. The minimum Gasteiger partial charge on any atom is -0.497 e. The zero-order valence-corrected chi connectivity index (χ0v) is 18.0. The fraction of sp³-hybridized carbons (Fsp3) is 0.200. The maximum atomic E-state index is 5.31. The Kier molecular flexibility index (Phi) is 6.04. The summed E-state index contributed by atoms with van der Waals surface area (Å²) in [4.78, 5) is 2.74. The lowest BCUT2D eigenvalue weighted by Crippen LogP contribution is -1.98. The van der Waals surface area contributed by atoms with E-state index in [1.807, 2.05) is 35.3 Å². The van der Waals surface area contributed by atoms with Gasteiger partial charge in [0.1, 0.15) is 11.5 Å². The number of rotatable bonds is 4. The SMILES string of the molecule is COc1ccc(S2(c3ccc(OC)cc3)CP(S)SP2S)cc1. The van der Waals surface area contributed by atoms with Gasteiger partial charge < -0.3 is 9.47 Å². The molecule has 0 spiro atoms. The van der Waals surface area contributed by atoms with E-state index < -0.39 is 15.2 Å². The lowest BCUT2D eigenvalue weighted by atomic mass is 10.3. The molecule has 0 N–H and O–H groups in total. The maximum absolute atomic E-state index is 5.31. The van der Waals surface area contributed by atoms with Crippen LogP contribution in [-0.2, 0) is 0 Å². The van der Waals surface area contributed by atoms with Crippen molar-refractivity contribution in [1.29, 1.82) is 0 Å². The molecule has 0 aliphatic carbocycles. The molecule has 2 atom stereocenters. The second-order valence-electron chi connectivity index (χ2n) is 4.85. The number of benzene rings is 2. The van der Waals surface area contributed by atoms with E-state index in [4.69, 9.17) is 34.0 Å². The smallest absolute Gasteiger partial charge is 0.118 e. The van der Waals surface area contributed by atoms with Gasteiger partial charge in [-0.05, 0) is 58.3 Å². The lowest BCUT2D eigenvalue weighted by molar-refractivity contribution is 0.414. The molecule has 0 radical (unpaired) electrons. The average Bonchev–Trinajstić information content (AvgIpc) is 2.90. The number of hydrogen-bond acceptors (Lipinski definition) is 5. The Hall–Kier alpha value is 0.300. The molecule has 1 aliphatic rings. The van der Waals surface area contributed by atoms with Crippen molar-refractivity contribution in [2.45, 2.75) is 9.79 Å². The third-order valence-electron chi connectivity index (χ3n) is 3.63. The van der Waals surface area contributed by atoms with E-state index in [1.54, 1.807) is 14.2 Å². The number of thiol groups is 2. The highest BCUT2D eigenvalue weighted by molar-refractivity contribution is 9.32. The van der Waals surface area contributed by atoms with Gasteiger partial charge in [0.15, 0.2) is 0 Å². The molecule has 0 saturated carbocycles. The molecule has 1 aliphatic heterocycles. The van der Waals surface area contributed by atoms with Gasteiger partial charge in [0, 0.05) is 11.8 Å². The normalized spacial score (nSPS) is 24.2. The molecule has 23 heavy (non-hydrogen) atoms. The zero-order valence-electron chi connectivity index (χ0n) is 12.7. The highest BCUT2D eigenvalue weighted by Gasteiger charge is 2.44. The van der Waals surface area contributed by atoms with Gasteiger partial charge in [-0.2, -0.15) is 0 Å². The fourth-order valence-electron chi connectivity index (χ4n) is 2.44. The van der Waals surface area contributed by atoms with E-state index in [9.17, 15) is 0 Å². The summed E-state index contributed by atoms with van der Waals surface area (Å²) in [5, 5.41) is 0. The first-order chi connectivity index (χ1) is 11.1. The van der Waals surface area contributed by atoms with Gasteiger partial charge >= 0.3 is 0 Å². The van der Waals surface area contributed by atoms with Crippen molar-refractivity contribution in [1.82, 2.24) is 0 Å². The molecule has 1 heterocycles. The summed E-state index contributed by atoms with van der Waals surface area (Å²) in [5.74, 6) is 1.78. The van der Waals surface area contributed by atoms with Crippen molar-refractivity contribution in [2.24, 2.45) is 0 Å². The van der Waals surface area contributed by atoms with Gasteiger partial charge in [0.25, 0.3) is 0 Å². The van der Waals surface area contributed by atoms with Crippen LogP contribution in [-0.4, -0.2) is 19.7 Å². The highest BCUT2D eigenvalue weighted by atomic mass is 33.5. The summed E-state index contributed by atoms with van der Waals surface area (Å²) >= 11 is 11.8. The van der Waals surface area contributed by atoms with E-state index in [0.717, 1.165) is 17.0 Å². The van der Waals surface area contributed by atoms with Gasteiger partial charge in [-0.15, -0.1) is 34.1 Å². The highest BCUT2D eigenvalue weighted by Crippen LogP contribution is 3.03. The van der Waals surface area contributed by atoms with Gasteiger partial charge in [0.05, 0.1) is 19.7 Å².